The molecule has 1 fully saturated rings. The smallest absolute Gasteiger partial charge is 0.289 e. The van der Waals surface area contributed by atoms with Crippen molar-refractivity contribution >= 4 is 5.91 Å². The summed E-state index contributed by atoms with van der Waals surface area (Å²) in [5.74, 6) is 1.18. The van der Waals surface area contributed by atoms with Gasteiger partial charge in [-0.3, -0.25) is 4.79 Å². The average molecular weight is 345 g/mol. The van der Waals surface area contributed by atoms with Gasteiger partial charge in [-0.25, -0.2) is 0 Å². The van der Waals surface area contributed by atoms with E-state index in [9.17, 15) is 15.0 Å². The number of benzene rings is 1. The SMILES string of the molecule is Cc1ccc(OCc2ccc(C(=O)N3C[C@H](O)C[C@@H]3CO)o2)c(C)c1. The lowest BCUT2D eigenvalue weighted by Crippen LogP contribution is -2.37. The van der Waals surface area contributed by atoms with Gasteiger partial charge in [0.1, 0.15) is 18.1 Å². The number of aryl methyl sites for hydroxylation is 2. The van der Waals surface area contributed by atoms with E-state index in [0.29, 0.717) is 12.2 Å². The molecule has 1 aromatic heterocycles. The lowest BCUT2D eigenvalue weighted by Gasteiger charge is -2.21. The maximum absolute atomic E-state index is 12.5. The molecule has 2 aromatic rings. The number of aliphatic hydroxyl groups is 2. The molecular weight excluding hydrogens is 322 g/mol. The van der Waals surface area contributed by atoms with Crippen molar-refractivity contribution in [1.29, 1.82) is 0 Å². The molecule has 6 heteroatoms. The molecule has 1 saturated heterocycles. The summed E-state index contributed by atoms with van der Waals surface area (Å²) in [6.45, 7) is 4.26. The average Bonchev–Trinajstić information content (AvgIpc) is 3.19. The molecule has 0 saturated carbocycles. The quantitative estimate of drug-likeness (QED) is 0.866. The molecule has 1 aliphatic heterocycles. The van der Waals surface area contributed by atoms with Crippen LogP contribution < -0.4 is 4.74 Å². The van der Waals surface area contributed by atoms with Gasteiger partial charge in [0.25, 0.3) is 5.91 Å². The Balaban J connectivity index is 1.65. The fourth-order valence-corrected chi connectivity index (χ4v) is 3.14. The Bertz CT molecular complexity index is 754. The van der Waals surface area contributed by atoms with Gasteiger partial charge in [-0.05, 0) is 44.0 Å². The molecule has 0 radical (unpaired) electrons. The third-order valence-electron chi connectivity index (χ3n) is 4.44. The lowest BCUT2D eigenvalue weighted by atomic mass is 10.1. The first-order valence-electron chi connectivity index (χ1n) is 8.36. The number of hydrogen-bond acceptors (Lipinski definition) is 5. The highest BCUT2D eigenvalue weighted by atomic mass is 16.5. The Hall–Kier alpha value is -2.31. The highest BCUT2D eigenvalue weighted by molar-refractivity contribution is 5.92. The summed E-state index contributed by atoms with van der Waals surface area (Å²) >= 11 is 0. The van der Waals surface area contributed by atoms with Crippen molar-refractivity contribution in [1.82, 2.24) is 4.90 Å². The molecule has 2 N–H and O–H groups in total. The Labute approximate surface area is 146 Å². The molecule has 0 aliphatic carbocycles. The molecule has 0 bridgehead atoms. The topological polar surface area (TPSA) is 83.1 Å². The monoisotopic (exact) mass is 345 g/mol. The number of β-amino-alcohol motifs (C(OH)–C–C–N with tert-alkyl or cyclic N) is 1. The van der Waals surface area contributed by atoms with E-state index >= 15 is 0 Å². The molecule has 134 valence electrons. The molecular formula is C19H23NO5. The molecule has 6 nitrogen and oxygen atoms in total. The summed E-state index contributed by atoms with van der Waals surface area (Å²) in [5.41, 5.74) is 2.21. The van der Waals surface area contributed by atoms with Crippen LogP contribution in [0.3, 0.4) is 0 Å². The maximum Gasteiger partial charge on any atom is 0.289 e. The highest BCUT2D eigenvalue weighted by Gasteiger charge is 2.35. The second-order valence-corrected chi connectivity index (χ2v) is 6.51. The van der Waals surface area contributed by atoms with E-state index in [-0.39, 0.29) is 37.5 Å². The van der Waals surface area contributed by atoms with Gasteiger partial charge in [0.2, 0.25) is 0 Å². The van der Waals surface area contributed by atoms with Gasteiger partial charge in [-0.15, -0.1) is 0 Å². The van der Waals surface area contributed by atoms with Gasteiger partial charge in [0, 0.05) is 6.54 Å². The van der Waals surface area contributed by atoms with E-state index in [0.717, 1.165) is 11.3 Å². The second kappa shape index (κ2) is 7.29. The van der Waals surface area contributed by atoms with Crippen LogP contribution in [0.25, 0.3) is 0 Å². The van der Waals surface area contributed by atoms with Crippen LogP contribution in [0.1, 0.15) is 33.9 Å². The number of carbonyl (C=O) groups excluding carboxylic acids is 1. The fourth-order valence-electron chi connectivity index (χ4n) is 3.14. The minimum absolute atomic E-state index is 0.174. The standard InChI is InChI=1S/C19H23NO5/c1-12-3-5-17(13(2)7-12)24-11-16-4-6-18(25-16)19(23)20-9-15(22)8-14(20)10-21/h3-7,14-15,21-22H,8-11H2,1-2H3/t14-,15-/m1/s1. The van der Waals surface area contributed by atoms with E-state index in [4.69, 9.17) is 9.15 Å². The summed E-state index contributed by atoms with van der Waals surface area (Å²) < 4.78 is 11.3. The van der Waals surface area contributed by atoms with Crippen LogP contribution in [0.2, 0.25) is 0 Å². The molecule has 2 atom stereocenters. The second-order valence-electron chi connectivity index (χ2n) is 6.51. The van der Waals surface area contributed by atoms with Crippen LogP contribution in [0.4, 0.5) is 0 Å². The lowest BCUT2D eigenvalue weighted by molar-refractivity contribution is 0.0629. The molecule has 3 rings (SSSR count). The molecule has 0 spiro atoms. The van der Waals surface area contributed by atoms with Crippen LogP contribution >= 0.6 is 0 Å². The number of nitrogens with zero attached hydrogens (tertiary/aromatic N) is 1. The van der Waals surface area contributed by atoms with Crippen LogP contribution in [0, 0.1) is 13.8 Å². The minimum atomic E-state index is -0.608. The van der Waals surface area contributed by atoms with E-state index in [2.05, 4.69) is 0 Å². The van der Waals surface area contributed by atoms with Crippen molar-refractivity contribution in [3.05, 3.63) is 53.0 Å². The third kappa shape index (κ3) is 3.86. The Morgan fingerprint density at radius 2 is 2.12 bits per heavy atom. The van der Waals surface area contributed by atoms with Gasteiger partial charge < -0.3 is 24.3 Å². The molecule has 0 unspecified atom stereocenters. The van der Waals surface area contributed by atoms with Gasteiger partial charge in [0.05, 0.1) is 18.8 Å². The number of amides is 1. The fraction of sp³-hybridized carbons (Fsp3) is 0.421. The zero-order valence-corrected chi connectivity index (χ0v) is 14.4. The largest absolute Gasteiger partial charge is 0.485 e. The first-order chi connectivity index (χ1) is 12.0. The van der Waals surface area contributed by atoms with Crippen LogP contribution in [0.5, 0.6) is 5.75 Å². The molecule has 1 aromatic carbocycles. The number of aliphatic hydroxyl groups excluding tert-OH is 2. The zero-order chi connectivity index (χ0) is 18.0. The van der Waals surface area contributed by atoms with Crippen molar-refractivity contribution in [3.63, 3.8) is 0 Å². The zero-order valence-electron chi connectivity index (χ0n) is 14.4. The summed E-state index contributed by atoms with van der Waals surface area (Å²) in [5, 5.41) is 19.1. The predicted molar refractivity (Wildman–Crippen MR) is 91.5 cm³/mol. The Morgan fingerprint density at radius 3 is 2.84 bits per heavy atom. The number of likely N-dealkylation sites (tertiary alicyclic amines) is 1. The number of carbonyl (C=O) groups is 1. The molecule has 25 heavy (non-hydrogen) atoms. The van der Waals surface area contributed by atoms with Crippen molar-refractivity contribution in [3.8, 4) is 5.75 Å². The van der Waals surface area contributed by atoms with Crippen molar-refractivity contribution < 1.29 is 24.2 Å². The van der Waals surface area contributed by atoms with E-state index < -0.39 is 6.10 Å². The maximum atomic E-state index is 12.5. The Morgan fingerprint density at radius 1 is 1.32 bits per heavy atom. The van der Waals surface area contributed by atoms with Gasteiger partial charge in [0.15, 0.2) is 5.76 Å². The first kappa shape index (κ1) is 17.5. The minimum Gasteiger partial charge on any atom is -0.485 e. The molecule has 1 amide bonds. The van der Waals surface area contributed by atoms with Crippen LogP contribution in [0.15, 0.2) is 34.7 Å². The van der Waals surface area contributed by atoms with Crippen LogP contribution in [-0.2, 0) is 6.61 Å². The molecule has 2 heterocycles. The van der Waals surface area contributed by atoms with E-state index in [1.165, 1.54) is 10.5 Å². The van der Waals surface area contributed by atoms with Gasteiger partial charge in [-0.2, -0.15) is 0 Å². The summed E-state index contributed by atoms with van der Waals surface area (Å²) in [7, 11) is 0. The van der Waals surface area contributed by atoms with Crippen molar-refractivity contribution in [2.24, 2.45) is 0 Å². The van der Waals surface area contributed by atoms with Crippen molar-refractivity contribution in [2.75, 3.05) is 13.2 Å². The van der Waals surface area contributed by atoms with E-state index in [1.807, 2.05) is 32.0 Å². The summed E-state index contributed by atoms with van der Waals surface area (Å²) in [4.78, 5) is 14.0. The first-order valence-corrected chi connectivity index (χ1v) is 8.36. The number of hydrogen-bond donors (Lipinski definition) is 2. The van der Waals surface area contributed by atoms with Crippen LogP contribution in [-0.4, -0.2) is 46.3 Å². The highest BCUT2D eigenvalue weighted by Crippen LogP contribution is 2.23. The third-order valence-corrected chi connectivity index (χ3v) is 4.44. The summed E-state index contributed by atoms with van der Waals surface area (Å²) in [6, 6.07) is 8.87. The predicted octanol–water partition coefficient (Wildman–Crippen LogP) is 2.04. The number of rotatable bonds is 5. The molecule has 1 aliphatic rings. The summed E-state index contributed by atoms with van der Waals surface area (Å²) in [6.07, 6.45) is -0.227. The van der Waals surface area contributed by atoms with Crippen molar-refractivity contribution in [2.45, 2.75) is 39.0 Å². The number of furan rings is 1. The van der Waals surface area contributed by atoms with E-state index in [1.54, 1.807) is 12.1 Å². The Kier molecular flexibility index (Phi) is 5.11. The van der Waals surface area contributed by atoms with Gasteiger partial charge in [-0.1, -0.05) is 17.7 Å². The van der Waals surface area contributed by atoms with Gasteiger partial charge >= 0.3 is 0 Å². The number of ether oxygens (including phenoxy) is 1. The normalized spacial score (nSPS) is 20.1.